The molecule has 1 heterocycles. The molecule has 0 aliphatic carbocycles. The van der Waals surface area contributed by atoms with Crippen LogP contribution < -0.4 is 15.0 Å². The zero-order chi connectivity index (χ0) is 20.6. The van der Waals surface area contributed by atoms with Crippen molar-refractivity contribution < 1.29 is 24.0 Å². The summed E-state index contributed by atoms with van der Waals surface area (Å²) >= 11 is 0. The molecule has 0 atom stereocenters. The molecule has 7 nitrogen and oxygen atoms in total. The van der Waals surface area contributed by atoms with E-state index in [2.05, 4.69) is 17.4 Å². The normalized spacial score (nSPS) is 14.3. The third-order valence-electron chi connectivity index (χ3n) is 5.02. The number of benzene rings is 2. The van der Waals surface area contributed by atoms with Crippen molar-refractivity contribution in [3.05, 3.63) is 59.7 Å². The SMILES string of the molecule is CCOC(=O)Nc1ccc(C(=O)N2CC[NH+](Cc3ccc(OC)cc3)CC2)cc1. The van der Waals surface area contributed by atoms with Crippen LogP contribution in [0.4, 0.5) is 10.5 Å². The fourth-order valence-electron chi connectivity index (χ4n) is 3.40. The molecule has 0 saturated carbocycles. The Balaban J connectivity index is 1.49. The topological polar surface area (TPSA) is 72.3 Å². The molecule has 2 aromatic rings. The molecule has 0 aromatic heterocycles. The monoisotopic (exact) mass is 398 g/mol. The number of carbonyl (C=O) groups excluding carboxylic acids is 2. The van der Waals surface area contributed by atoms with Crippen LogP contribution in [0, 0.1) is 0 Å². The molecular weight excluding hydrogens is 370 g/mol. The number of carbonyl (C=O) groups is 2. The van der Waals surface area contributed by atoms with Crippen LogP contribution in [0.15, 0.2) is 48.5 Å². The first kappa shape index (κ1) is 20.7. The maximum absolute atomic E-state index is 12.8. The van der Waals surface area contributed by atoms with Gasteiger partial charge in [0.1, 0.15) is 12.3 Å². The molecule has 1 aliphatic heterocycles. The molecule has 2 aromatic carbocycles. The Morgan fingerprint density at radius 2 is 1.69 bits per heavy atom. The molecule has 29 heavy (non-hydrogen) atoms. The second kappa shape index (κ2) is 9.93. The first-order chi connectivity index (χ1) is 14.1. The molecule has 154 valence electrons. The minimum absolute atomic E-state index is 0.0242. The Bertz CT molecular complexity index is 813. The Morgan fingerprint density at radius 3 is 2.28 bits per heavy atom. The highest BCUT2D eigenvalue weighted by molar-refractivity contribution is 5.95. The number of anilines is 1. The van der Waals surface area contributed by atoms with Crippen molar-refractivity contribution in [2.24, 2.45) is 0 Å². The van der Waals surface area contributed by atoms with Crippen molar-refractivity contribution in [1.82, 2.24) is 4.90 Å². The summed E-state index contributed by atoms with van der Waals surface area (Å²) in [5.74, 6) is 0.888. The number of piperazine rings is 1. The summed E-state index contributed by atoms with van der Waals surface area (Å²) in [5.41, 5.74) is 2.50. The maximum atomic E-state index is 12.8. The van der Waals surface area contributed by atoms with E-state index in [1.54, 1.807) is 38.3 Å². The van der Waals surface area contributed by atoms with Crippen LogP contribution in [-0.2, 0) is 11.3 Å². The van der Waals surface area contributed by atoms with Gasteiger partial charge in [-0.1, -0.05) is 0 Å². The van der Waals surface area contributed by atoms with Crippen molar-refractivity contribution in [2.75, 3.05) is 45.2 Å². The summed E-state index contributed by atoms with van der Waals surface area (Å²) in [5, 5.41) is 2.63. The van der Waals surface area contributed by atoms with Gasteiger partial charge in [0.15, 0.2) is 0 Å². The summed E-state index contributed by atoms with van der Waals surface area (Å²) in [6, 6.07) is 15.1. The van der Waals surface area contributed by atoms with E-state index < -0.39 is 6.09 Å². The predicted octanol–water partition coefficient (Wildman–Crippen LogP) is 1.80. The van der Waals surface area contributed by atoms with Crippen molar-refractivity contribution in [3.63, 3.8) is 0 Å². The van der Waals surface area contributed by atoms with Crippen LogP contribution >= 0.6 is 0 Å². The second-order valence-corrected chi connectivity index (χ2v) is 6.99. The van der Waals surface area contributed by atoms with E-state index in [0.29, 0.717) is 17.9 Å². The lowest BCUT2D eigenvalue weighted by Gasteiger charge is -2.32. The van der Waals surface area contributed by atoms with E-state index in [1.807, 2.05) is 17.0 Å². The minimum Gasteiger partial charge on any atom is -0.497 e. The number of hydrogen-bond acceptors (Lipinski definition) is 4. The molecule has 1 fully saturated rings. The molecule has 0 unspecified atom stereocenters. The molecule has 0 bridgehead atoms. The van der Waals surface area contributed by atoms with Crippen molar-refractivity contribution in [1.29, 1.82) is 0 Å². The number of methoxy groups -OCH3 is 1. The van der Waals surface area contributed by atoms with E-state index >= 15 is 0 Å². The Hall–Kier alpha value is -3.06. The van der Waals surface area contributed by atoms with E-state index in [-0.39, 0.29) is 5.91 Å². The molecule has 1 aliphatic rings. The highest BCUT2D eigenvalue weighted by Gasteiger charge is 2.24. The average molecular weight is 398 g/mol. The number of ether oxygens (including phenoxy) is 2. The van der Waals surface area contributed by atoms with E-state index in [4.69, 9.17) is 9.47 Å². The molecule has 1 saturated heterocycles. The molecular formula is C22H28N3O4+. The quantitative estimate of drug-likeness (QED) is 0.779. The van der Waals surface area contributed by atoms with Gasteiger partial charge in [-0.25, -0.2) is 4.79 Å². The van der Waals surface area contributed by atoms with Gasteiger partial charge in [-0.05, 0) is 55.5 Å². The number of nitrogens with zero attached hydrogens (tertiary/aromatic N) is 1. The summed E-state index contributed by atoms with van der Waals surface area (Å²) in [6.45, 7) is 6.30. The number of rotatable bonds is 6. The van der Waals surface area contributed by atoms with Gasteiger partial charge >= 0.3 is 6.09 Å². The summed E-state index contributed by atoms with van der Waals surface area (Å²) < 4.78 is 10.0. The van der Waals surface area contributed by atoms with Gasteiger partial charge in [-0.2, -0.15) is 0 Å². The van der Waals surface area contributed by atoms with Crippen molar-refractivity contribution in [3.8, 4) is 5.75 Å². The first-order valence-corrected chi connectivity index (χ1v) is 9.88. The number of amides is 2. The standard InChI is InChI=1S/C22H27N3O4/c1-3-29-22(27)23-19-8-6-18(7-9-19)21(26)25-14-12-24(13-15-25)16-17-4-10-20(28-2)11-5-17/h4-11H,3,12-16H2,1-2H3,(H,23,27)/p+1. The average Bonchev–Trinajstić information content (AvgIpc) is 2.75. The van der Waals surface area contributed by atoms with Gasteiger partial charge in [0.05, 0.1) is 39.9 Å². The lowest BCUT2D eigenvalue weighted by atomic mass is 10.1. The van der Waals surface area contributed by atoms with Gasteiger partial charge in [0, 0.05) is 16.8 Å². The van der Waals surface area contributed by atoms with Crippen molar-refractivity contribution in [2.45, 2.75) is 13.5 Å². The highest BCUT2D eigenvalue weighted by Crippen LogP contribution is 2.13. The van der Waals surface area contributed by atoms with Gasteiger partial charge in [-0.15, -0.1) is 0 Å². The summed E-state index contributed by atoms with van der Waals surface area (Å²) in [7, 11) is 1.67. The summed E-state index contributed by atoms with van der Waals surface area (Å²) in [4.78, 5) is 27.6. The zero-order valence-electron chi connectivity index (χ0n) is 16.9. The first-order valence-electron chi connectivity index (χ1n) is 9.88. The lowest BCUT2D eigenvalue weighted by Crippen LogP contribution is -3.13. The van der Waals surface area contributed by atoms with Gasteiger partial charge in [0.25, 0.3) is 5.91 Å². The number of nitrogens with one attached hydrogen (secondary N) is 2. The third kappa shape index (κ3) is 5.71. The highest BCUT2D eigenvalue weighted by atomic mass is 16.5. The lowest BCUT2D eigenvalue weighted by molar-refractivity contribution is -0.917. The summed E-state index contributed by atoms with van der Waals surface area (Å²) in [6.07, 6.45) is -0.498. The van der Waals surface area contributed by atoms with Gasteiger partial charge in [-0.3, -0.25) is 10.1 Å². The van der Waals surface area contributed by atoms with E-state index in [1.165, 1.54) is 10.5 Å². The largest absolute Gasteiger partial charge is 0.497 e. The number of hydrogen-bond donors (Lipinski definition) is 2. The second-order valence-electron chi connectivity index (χ2n) is 6.99. The minimum atomic E-state index is -0.498. The van der Waals surface area contributed by atoms with Crippen LogP contribution in [0.3, 0.4) is 0 Å². The zero-order valence-corrected chi connectivity index (χ0v) is 16.9. The van der Waals surface area contributed by atoms with Crippen LogP contribution in [0.1, 0.15) is 22.8 Å². The van der Waals surface area contributed by atoms with Gasteiger partial charge in [0.2, 0.25) is 0 Å². The van der Waals surface area contributed by atoms with Crippen LogP contribution in [-0.4, -0.2) is 56.8 Å². The molecule has 7 heteroatoms. The smallest absolute Gasteiger partial charge is 0.411 e. The predicted molar refractivity (Wildman–Crippen MR) is 110 cm³/mol. The van der Waals surface area contributed by atoms with Crippen LogP contribution in [0.25, 0.3) is 0 Å². The molecule has 2 N–H and O–H groups in total. The Morgan fingerprint density at radius 1 is 1.03 bits per heavy atom. The van der Waals surface area contributed by atoms with Gasteiger partial charge < -0.3 is 19.3 Å². The Kier molecular flexibility index (Phi) is 7.08. The molecule has 0 radical (unpaired) electrons. The molecule has 2 amide bonds. The fourth-order valence-corrected chi connectivity index (χ4v) is 3.40. The third-order valence-corrected chi connectivity index (χ3v) is 5.02. The van der Waals surface area contributed by atoms with E-state index in [0.717, 1.165) is 38.5 Å². The fraction of sp³-hybridized carbons (Fsp3) is 0.364. The van der Waals surface area contributed by atoms with E-state index in [9.17, 15) is 9.59 Å². The van der Waals surface area contributed by atoms with Crippen molar-refractivity contribution >= 4 is 17.7 Å². The maximum Gasteiger partial charge on any atom is 0.411 e. The number of quaternary nitrogens is 1. The Labute approximate surface area is 171 Å². The van der Waals surface area contributed by atoms with Crippen LogP contribution in [0.5, 0.6) is 5.75 Å². The molecule has 0 spiro atoms. The van der Waals surface area contributed by atoms with Crippen LogP contribution in [0.2, 0.25) is 0 Å². The molecule has 3 rings (SSSR count).